The Labute approximate surface area is 336 Å². The van der Waals surface area contributed by atoms with Gasteiger partial charge in [0, 0.05) is 35.9 Å². The number of nitro benzene ring substituents is 2. The molecule has 3 heterocycles. The Morgan fingerprint density at radius 1 is 0.702 bits per heavy atom. The zero-order chi connectivity index (χ0) is 42.7. The van der Waals surface area contributed by atoms with Gasteiger partial charge in [0.1, 0.15) is 42.2 Å². The Morgan fingerprint density at radius 2 is 1.02 bits per heavy atom. The van der Waals surface area contributed by atoms with E-state index in [1.165, 1.54) is 62.4 Å². The van der Waals surface area contributed by atoms with Crippen LogP contribution in [-0.2, 0) is 38.0 Å². The zero-order valence-corrected chi connectivity index (χ0v) is 33.0. The number of rotatable bonds is 8. The number of halogens is 1. The maximum Gasteiger partial charge on any atom is 1.00 e. The van der Waals surface area contributed by atoms with E-state index in [0.717, 1.165) is 0 Å². The van der Waals surface area contributed by atoms with E-state index in [0.29, 0.717) is 19.8 Å². The van der Waals surface area contributed by atoms with Crippen molar-refractivity contribution >= 4 is 40.3 Å². The van der Waals surface area contributed by atoms with E-state index < -0.39 is 38.8 Å². The van der Waals surface area contributed by atoms with Gasteiger partial charge in [-0.3, -0.25) is 20.2 Å². The Morgan fingerprint density at radius 3 is 1.26 bits per heavy atom. The molecule has 21 heteroatoms. The second-order valence-corrected chi connectivity index (χ2v) is 13.4. The Hall–Kier alpha value is -4.38. The molecule has 2 aromatic carbocycles. The molecule has 3 atom stereocenters. The molecule has 0 saturated carbocycles. The number of Topliss-reactive ketones (excluding diaryl/α,β-unsaturated/α-hetero) is 1. The molecule has 3 aliphatic heterocycles. The highest BCUT2D eigenvalue weighted by atomic mass is 35.5. The summed E-state index contributed by atoms with van der Waals surface area (Å²) in [5, 5.41) is 37.9. The van der Waals surface area contributed by atoms with Gasteiger partial charge in [-0.25, -0.2) is 9.59 Å². The molecule has 3 saturated heterocycles. The minimum atomic E-state index is -0.978. The van der Waals surface area contributed by atoms with Crippen LogP contribution >= 0.6 is 11.6 Å². The third-order valence-electron chi connectivity index (χ3n) is 6.49. The number of hydrogen-bond acceptors (Lipinski definition) is 18. The Bertz CT molecular complexity index is 1530. The van der Waals surface area contributed by atoms with E-state index >= 15 is 0 Å². The molecule has 0 radical (unpaired) electrons. The fraction of sp³-hybridized carbons (Fsp3) is 0.583. The van der Waals surface area contributed by atoms with Gasteiger partial charge in [-0.15, -0.1) is 0 Å². The van der Waals surface area contributed by atoms with Gasteiger partial charge in [-0.05, 0) is 79.7 Å². The zero-order valence-electron chi connectivity index (χ0n) is 33.3. The van der Waals surface area contributed by atoms with Crippen molar-refractivity contribution in [2.24, 2.45) is 0 Å². The highest BCUT2D eigenvalue weighted by Gasteiger charge is 2.34. The first-order valence-corrected chi connectivity index (χ1v) is 17.2. The van der Waals surface area contributed by atoms with Crippen molar-refractivity contribution in [3.05, 3.63) is 68.8 Å². The standard InChI is InChI=1S/C13H15NO7.C7H4ClNO4.2C6H12O3.C3H6O.CH4/c1-13(2)19-8-11(21-13)7-18-12(15)20-10-5-3-9(4-6-10)14(16)17;8-7(10)13-6-3-1-5(2-4-6)9(11)12;2*1-6(2)8-4-5(3-7)9-6;1-3(2)4;/h3-6,11H,7-8H2,1-2H3;1-4H;2*5,7H,3-4H2,1-2H3;1-2H3;1H4/p+1. The molecule has 2 aromatic rings. The summed E-state index contributed by atoms with van der Waals surface area (Å²) < 4.78 is 45.8. The molecule has 5 rings (SSSR count). The van der Waals surface area contributed by atoms with Crippen LogP contribution in [0.2, 0.25) is 0 Å². The van der Waals surface area contributed by atoms with Crippen molar-refractivity contribution < 1.29 is 78.5 Å². The number of ether oxygens (including phenoxy) is 9. The van der Waals surface area contributed by atoms with Crippen molar-refractivity contribution in [2.45, 2.75) is 98.5 Å². The lowest BCUT2D eigenvalue weighted by Crippen LogP contribution is -2.25. The van der Waals surface area contributed by atoms with Crippen LogP contribution in [-0.4, -0.2) is 113 Å². The summed E-state index contributed by atoms with van der Waals surface area (Å²) >= 11 is 4.92. The molecule has 0 aliphatic carbocycles. The Balaban J connectivity index is 0. The van der Waals surface area contributed by atoms with Crippen molar-refractivity contribution in [3.8, 4) is 11.5 Å². The second-order valence-electron chi connectivity index (χ2n) is 13.1. The summed E-state index contributed by atoms with van der Waals surface area (Å²) in [6, 6.07) is 10.1. The topological polar surface area (TPSA) is 261 Å². The van der Waals surface area contributed by atoms with Crippen molar-refractivity contribution in [1.29, 1.82) is 0 Å². The molecule has 3 fully saturated rings. The van der Waals surface area contributed by atoms with Gasteiger partial charge >= 0.3 is 13.0 Å². The number of ketones is 1. The van der Waals surface area contributed by atoms with E-state index in [1.54, 1.807) is 13.8 Å². The first kappa shape index (κ1) is 52.6. The normalized spacial score (nSPS) is 20.4. The monoisotopic (exact) mass is 837 g/mol. The fourth-order valence-corrected chi connectivity index (χ4v) is 4.29. The van der Waals surface area contributed by atoms with Crippen molar-refractivity contribution in [3.63, 3.8) is 0 Å². The number of hydrogen-bond donors (Lipinski definition) is 2. The fourth-order valence-electron chi connectivity index (χ4n) is 4.20. The van der Waals surface area contributed by atoms with E-state index in [4.69, 9.17) is 59.7 Å². The summed E-state index contributed by atoms with van der Waals surface area (Å²) in [5.41, 5.74) is -1.14. The van der Waals surface area contributed by atoms with Crippen molar-refractivity contribution in [2.75, 3.05) is 39.6 Å². The molecular formula is C36H54ClN2O18+. The largest absolute Gasteiger partial charge is 1.00 e. The second kappa shape index (κ2) is 25.1. The quantitative estimate of drug-likeness (QED) is 0.0985. The highest BCUT2D eigenvalue weighted by Crippen LogP contribution is 2.24. The van der Waals surface area contributed by atoms with Gasteiger partial charge in [0.25, 0.3) is 11.4 Å². The van der Waals surface area contributed by atoms with Gasteiger partial charge in [0.15, 0.2) is 17.4 Å². The molecule has 0 aromatic heterocycles. The van der Waals surface area contributed by atoms with Crippen LogP contribution in [0.3, 0.4) is 0 Å². The van der Waals surface area contributed by atoms with Crippen LogP contribution in [0.15, 0.2) is 48.5 Å². The van der Waals surface area contributed by atoms with E-state index in [1.807, 2.05) is 27.7 Å². The molecular weight excluding hydrogens is 784 g/mol. The van der Waals surface area contributed by atoms with Gasteiger partial charge in [-0.1, -0.05) is 7.43 Å². The van der Waals surface area contributed by atoms with Crippen LogP contribution in [0.4, 0.5) is 21.0 Å². The van der Waals surface area contributed by atoms with Gasteiger partial charge in [0.05, 0.1) is 42.9 Å². The van der Waals surface area contributed by atoms with Crippen LogP contribution in [0.25, 0.3) is 0 Å². The van der Waals surface area contributed by atoms with Crippen LogP contribution in [0, 0.1) is 20.2 Å². The third kappa shape index (κ3) is 23.4. The van der Waals surface area contributed by atoms with Crippen LogP contribution in [0.5, 0.6) is 11.5 Å². The first-order valence-electron chi connectivity index (χ1n) is 16.8. The molecule has 0 amide bonds. The molecule has 20 nitrogen and oxygen atoms in total. The summed E-state index contributed by atoms with van der Waals surface area (Å²) in [7, 11) is 0. The lowest BCUT2D eigenvalue weighted by molar-refractivity contribution is -0.385. The summed E-state index contributed by atoms with van der Waals surface area (Å²) in [5.74, 6) is -1.17. The van der Waals surface area contributed by atoms with Gasteiger partial charge < -0.3 is 57.6 Å². The van der Waals surface area contributed by atoms with Crippen LogP contribution in [0.1, 0.15) is 64.2 Å². The predicted molar refractivity (Wildman–Crippen MR) is 203 cm³/mol. The smallest absolute Gasteiger partial charge is 0.431 e. The SMILES string of the molecule is C.CC(C)=O.CC1(C)OCC(CO)O1.CC1(C)OCC(CO)O1.CC1(C)OCC(COC(=O)Oc2ccc([N+](=O)[O-])cc2)O1.O=C(Cl)Oc1ccc([N+](=O)[O-])cc1.[H+]. The Kier molecular flexibility index (Phi) is 23.2. The lowest BCUT2D eigenvalue weighted by atomic mass is 10.3. The molecule has 322 valence electrons. The molecule has 2 N–H and O–H groups in total. The summed E-state index contributed by atoms with van der Waals surface area (Å²) in [6.45, 7) is 15.4. The predicted octanol–water partition coefficient (Wildman–Crippen LogP) is 6.20. The van der Waals surface area contributed by atoms with E-state index in [-0.39, 0.29) is 75.6 Å². The average Bonchev–Trinajstić information content (AvgIpc) is 3.78. The minimum absolute atomic E-state index is 0. The van der Waals surface area contributed by atoms with E-state index in [2.05, 4.69) is 4.74 Å². The number of carbonyl (C=O) groups excluding carboxylic acids is 3. The molecule has 3 aliphatic rings. The number of benzene rings is 2. The third-order valence-corrected chi connectivity index (χ3v) is 6.57. The summed E-state index contributed by atoms with van der Waals surface area (Å²) in [4.78, 5) is 50.8. The number of aliphatic hydroxyl groups excluding tert-OH is 2. The minimum Gasteiger partial charge on any atom is -0.431 e. The molecule has 0 spiro atoms. The molecule has 0 bridgehead atoms. The first-order chi connectivity index (χ1) is 26.0. The number of aliphatic hydroxyl groups is 2. The maximum absolute atomic E-state index is 11.5. The van der Waals surface area contributed by atoms with E-state index in [9.17, 15) is 34.6 Å². The molecule has 57 heavy (non-hydrogen) atoms. The number of nitrogens with zero attached hydrogens (tertiary/aromatic N) is 2. The number of non-ortho nitro benzene ring substituents is 2. The lowest BCUT2D eigenvalue weighted by Gasteiger charge is -2.16. The molecule has 3 unspecified atom stereocenters. The summed E-state index contributed by atoms with van der Waals surface area (Å²) in [6.07, 6.45) is -1.50. The van der Waals surface area contributed by atoms with Crippen LogP contribution < -0.4 is 9.47 Å². The van der Waals surface area contributed by atoms with Gasteiger partial charge in [-0.2, -0.15) is 0 Å². The average molecular weight is 838 g/mol. The number of carbonyl (C=O) groups is 3. The maximum atomic E-state index is 11.5. The highest BCUT2D eigenvalue weighted by molar-refractivity contribution is 6.61. The number of nitro groups is 2. The van der Waals surface area contributed by atoms with Crippen molar-refractivity contribution in [1.82, 2.24) is 0 Å². The van der Waals surface area contributed by atoms with Gasteiger partial charge in [0.2, 0.25) is 0 Å².